The molecule has 29 heavy (non-hydrogen) atoms. The first-order valence-electron chi connectivity index (χ1n) is 10.1. The van der Waals surface area contributed by atoms with Crippen molar-refractivity contribution in [3.63, 3.8) is 0 Å². The summed E-state index contributed by atoms with van der Waals surface area (Å²) in [5.74, 6) is -0.266. The summed E-state index contributed by atoms with van der Waals surface area (Å²) >= 11 is 0. The Bertz CT molecular complexity index is 1080. The summed E-state index contributed by atoms with van der Waals surface area (Å²) in [6.45, 7) is 8.30. The second-order valence-corrected chi connectivity index (χ2v) is 7.56. The average Bonchev–Trinajstić information content (AvgIpc) is 2.76. The third-order valence-corrected chi connectivity index (χ3v) is 5.55. The van der Waals surface area contributed by atoms with Crippen LogP contribution in [0.25, 0.3) is 10.9 Å². The van der Waals surface area contributed by atoms with Crippen LogP contribution in [0, 0.1) is 6.92 Å². The minimum absolute atomic E-state index is 0.0255. The van der Waals surface area contributed by atoms with E-state index in [1.54, 1.807) is 15.6 Å². The lowest BCUT2D eigenvalue weighted by Gasteiger charge is -2.34. The average molecular weight is 390 g/mol. The molecule has 0 N–H and O–H groups in total. The molecule has 0 radical (unpaired) electrons. The third-order valence-electron chi connectivity index (χ3n) is 5.55. The van der Waals surface area contributed by atoms with Gasteiger partial charge in [0.2, 0.25) is 5.43 Å². The predicted molar refractivity (Wildman–Crippen MR) is 114 cm³/mol. The van der Waals surface area contributed by atoms with Gasteiger partial charge in [0.25, 0.3) is 5.91 Å². The summed E-state index contributed by atoms with van der Waals surface area (Å²) < 4.78 is 1.73. The molecule has 0 unspecified atom stereocenters. The molecule has 1 aromatic heterocycles. The van der Waals surface area contributed by atoms with E-state index in [1.807, 2.05) is 25.1 Å². The maximum absolute atomic E-state index is 13.1. The van der Waals surface area contributed by atoms with Gasteiger partial charge in [-0.15, -0.1) is 0 Å². The lowest BCUT2D eigenvalue weighted by Crippen LogP contribution is -2.49. The zero-order chi connectivity index (χ0) is 20.4. The van der Waals surface area contributed by atoms with Gasteiger partial charge >= 0.3 is 0 Å². The Morgan fingerprint density at radius 3 is 2.38 bits per heavy atom. The van der Waals surface area contributed by atoms with Gasteiger partial charge in [-0.3, -0.25) is 19.2 Å². The molecule has 1 fully saturated rings. The fourth-order valence-corrected chi connectivity index (χ4v) is 3.83. The Hall–Kier alpha value is -2.99. The van der Waals surface area contributed by atoms with E-state index >= 15 is 0 Å². The zero-order valence-corrected chi connectivity index (χ0v) is 17.0. The monoisotopic (exact) mass is 390 g/mol. The van der Waals surface area contributed by atoms with E-state index in [0.29, 0.717) is 25.0 Å². The summed E-state index contributed by atoms with van der Waals surface area (Å²) in [5, 5.41) is 4.94. The number of aromatic nitrogens is 2. The molecule has 0 atom stereocenters. The normalized spacial score (nSPS) is 15.0. The van der Waals surface area contributed by atoms with Crippen LogP contribution in [-0.4, -0.2) is 51.7 Å². The molecule has 6 heteroatoms. The van der Waals surface area contributed by atoms with Gasteiger partial charge in [0.05, 0.1) is 5.52 Å². The third kappa shape index (κ3) is 3.93. The lowest BCUT2D eigenvalue weighted by molar-refractivity contribution is 0.0619. The molecular formula is C23H26N4O2. The van der Waals surface area contributed by atoms with Gasteiger partial charge in [0.15, 0.2) is 5.69 Å². The standard InChI is InChI=1S/C23H26N4O2/c1-3-27-20-7-5-4-6-19(20)22(28)21(24-27)23(29)26-14-12-25(13-15-26)16-18-10-8-17(2)9-11-18/h4-11H,3,12-16H2,1-2H3. The molecule has 150 valence electrons. The molecule has 3 aromatic rings. The first-order valence-corrected chi connectivity index (χ1v) is 10.1. The van der Waals surface area contributed by atoms with Crippen LogP contribution in [0.2, 0.25) is 0 Å². The molecule has 6 nitrogen and oxygen atoms in total. The number of benzene rings is 2. The zero-order valence-electron chi connectivity index (χ0n) is 17.0. The van der Waals surface area contributed by atoms with E-state index in [2.05, 4.69) is 41.2 Å². The molecule has 0 bridgehead atoms. The summed E-state index contributed by atoms with van der Waals surface area (Å²) in [4.78, 5) is 30.0. The number of carbonyl (C=O) groups is 1. The number of hydrogen-bond donors (Lipinski definition) is 0. The van der Waals surface area contributed by atoms with Crippen LogP contribution >= 0.6 is 0 Å². The molecule has 1 saturated heterocycles. The number of carbonyl (C=O) groups excluding carboxylic acids is 1. The van der Waals surface area contributed by atoms with Gasteiger partial charge in [0, 0.05) is 44.7 Å². The molecule has 2 heterocycles. The SMILES string of the molecule is CCn1nc(C(=O)N2CCN(Cc3ccc(C)cc3)CC2)c(=O)c2ccccc21. The van der Waals surface area contributed by atoms with Gasteiger partial charge in [-0.1, -0.05) is 42.0 Å². The molecule has 0 spiro atoms. The number of rotatable bonds is 4. The van der Waals surface area contributed by atoms with Crippen molar-refractivity contribution >= 4 is 16.8 Å². The summed E-state index contributed by atoms with van der Waals surface area (Å²) in [6.07, 6.45) is 0. The fourth-order valence-electron chi connectivity index (χ4n) is 3.83. The van der Waals surface area contributed by atoms with Gasteiger partial charge in [0.1, 0.15) is 0 Å². The van der Waals surface area contributed by atoms with Crippen molar-refractivity contribution in [1.82, 2.24) is 19.6 Å². The highest BCUT2D eigenvalue weighted by Crippen LogP contribution is 2.13. The van der Waals surface area contributed by atoms with Gasteiger partial charge in [-0.2, -0.15) is 5.10 Å². The van der Waals surface area contributed by atoms with Crippen LogP contribution in [0.4, 0.5) is 0 Å². The number of piperazine rings is 1. The lowest BCUT2D eigenvalue weighted by atomic mass is 10.1. The Labute approximate surface area is 170 Å². The summed E-state index contributed by atoms with van der Waals surface area (Å²) in [5.41, 5.74) is 3.04. The topological polar surface area (TPSA) is 58.4 Å². The van der Waals surface area contributed by atoms with E-state index < -0.39 is 0 Å². The van der Waals surface area contributed by atoms with E-state index in [4.69, 9.17) is 0 Å². The van der Waals surface area contributed by atoms with Crippen molar-refractivity contribution in [2.45, 2.75) is 26.9 Å². The highest BCUT2D eigenvalue weighted by molar-refractivity contribution is 5.95. The molecule has 1 aliphatic heterocycles. The highest BCUT2D eigenvalue weighted by atomic mass is 16.2. The summed E-state index contributed by atoms with van der Waals surface area (Å²) in [6, 6.07) is 15.9. The van der Waals surface area contributed by atoms with E-state index in [9.17, 15) is 9.59 Å². The highest BCUT2D eigenvalue weighted by Gasteiger charge is 2.26. The van der Waals surface area contributed by atoms with E-state index in [1.165, 1.54) is 11.1 Å². The van der Waals surface area contributed by atoms with Crippen molar-refractivity contribution in [2.24, 2.45) is 0 Å². The second-order valence-electron chi connectivity index (χ2n) is 7.56. The van der Waals surface area contributed by atoms with Gasteiger partial charge in [-0.05, 0) is 31.5 Å². The van der Waals surface area contributed by atoms with Crippen LogP contribution in [0.5, 0.6) is 0 Å². The molecule has 0 aliphatic carbocycles. The fraction of sp³-hybridized carbons (Fsp3) is 0.348. The van der Waals surface area contributed by atoms with Crippen molar-refractivity contribution in [3.8, 4) is 0 Å². The first kappa shape index (κ1) is 19.3. The number of nitrogens with zero attached hydrogens (tertiary/aromatic N) is 4. The van der Waals surface area contributed by atoms with Crippen LogP contribution in [0.3, 0.4) is 0 Å². The minimum Gasteiger partial charge on any atom is -0.335 e. The maximum atomic E-state index is 13.1. The van der Waals surface area contributed by atoms with Crippen molar-refractivity contribution in [1.29, 1.82) is 0 Å². The number of aryl methyl sites for hydroxylation is 2. The van der Waals surface area contributed by atoms with E-state index in [-0.39, 0.29) is 17.0 Å². The van der Waals surface area contributed by atoms with Gasteiger partial charge < -0.3 is 4.90 Å². The van der Waals surface area contributed by atoms with Crippen molar-refractivity contribution in [3.05, 3.63) is 75.6 Å². The second kappa shape index (κ2) is 8.17. The summed E-state index contributed by atoms with van der Waals surface area (Å²) in [7, 11) is 0. The number of fused-ring (bicyclic) bond motifs is 1. The Balaban J connectivity index is 1.49. The quantitative estimate of drug-likeness (QED) is 0.687. The largest absolute Gasteiger partial charge is 0.335 e. The predicted octanol–water partition coefficient (Wildman–Crippen LogP) is 2.68. The van der Waals surface area contributed by atoms with Crippen molar-refractivity contribution in [2.75, 3.05) is 26.2 Å². The minimum atomic E-state index is -0.280. The van der Waals surface area contributed by atoms with Crippen molar-refractivity contribution < 1.29 is 4.79 Å². The van der Waals surface area contributed by atoms with Crippen LogP contribution in [-0.2, 0) is 13.1 Å². The maximum Gasteiger partial charge on any atom is 0.278 e. The molecule has 1 amide bonds. The number of hydrogen-bond acceptors (Lipinski definition) is 4. The first-order chi connectivity index (χ1) is 14.1. The number of para-hydroxylation sites is 1. The van der Waals surface area contributed by atoms with Gasteiger partial charge in [-0.25, -0.2) is 0 Å². The smallest absolute Gasteiger partial charge is 0.278 e. The molecular weight excluding hydrogens is 364 g/mol. The van der Waals surface area contributed by atoms with Crippen LogP contribution in [0.1, 0.15) is 28.5 Å². The molecule has 0 saturated carbocycles. The Morgan fingerprint density at radius 1 is 1.00 bits per heavy atom. The molecule has 2 aromatic carbocycles. The Morgan fingerprint density at radius 2 is 1.69 bits per heavy atom. The molecule has 4 rings (SSSR count). The number of amides is 1. The van der Waals surface area contributed by atoms with Crippen LogP contribution < -0.4 is 5.43 Å². The molecule has 1 aliphatic rings. The Kier molecular flexibility index (Phi) is 5.45. The van der Waals surface area contributed by atoms with Crippen LogP contribution in [0.15, 0.2) is 53.3 Å². The van der Waals surface area contributed by atoms with E-state index in [0.717, 1.165) is 25.2 Å².